The maximum Gasteiger partial charge on any atom is 0.184 e. The summed E-state index contributed by atoms with van der Waals surface area (Å²) in [4.78, 5) is 0. The van der Waals surface area contributed by atoms with E-state index in [1.807, 2.05) is 13.0 Å². The third-order valence-corrected chi connectivity index (χ3v) is 1.96. The van der Waals surface area contributed by atoms with Crippen molar-refractivity contribution in [1.29, 1.82) is 5.26 Å². The van der Waals surface area contributed by atoms with Crippen LogP contribution in [0, 0.1) is 17.1 Å². The van der Waals surface area contributed by atoms with Crippen molar-refractivity contribution in [1.82, 2.24) is 0 Å². The lowest BCUT2D eigenvalue weighted by molar-refractivity contribution is 0.250. The third-order valence-electron chi connectivity index (χ3n) is 1.96. The van der Waals surface area contributed by atoms with Crippen molar-refractivity contribution >= 4 is 0 Å². The van der Waals surface area contributed by atoms with Crippen LogP contribution in [0.5, 0.6) is 5.75 Å². The number of hydrogen-bond donors (Lipinski definition) is 1. The van der Waals surface area contributed by atoms with Gasteiger partial charge >= 0.3 is 0 Å². The SMILES string of the molecule is CCC(C#N)Oc1cc(F)cc(CN)c1. The van der Waals surface area contributed by atoms with Gasteiger partial charge in [0.1, 0.15) is 17.6 Å². The number of benzene rings is 1. The Labute approximate surface area is 88.3 Å². The van der Waals surface area contributed by atoms with Gasteiger partial charge in [-0.3, -0.25) is 0 Å². The van der Waals surface area contributed by atoms with Gasteiger partial charge in [0.2, 0.25) is 0 Å². The molecule has 0 heterocycles. The van der Waals surface area contributed by atoms with Gasteiger partial charge in [0.25, 0.3) is 0 Å². The van der Waals surface area contributed by atoms with Crippen molar-refractivity contribution in [2.75, 3.05) is 0 Å². The number of rotatable bonds is 4. The molecule has 0 fully saturated rings. The topological polar surface area (TPSA) is 59.0 Å². The predicted molar refractivity (Wildman–Crippen MR) is 54.6 cm³/mol. The first-order valence-corrected chi connectivity index (χ1v) is 4.75. The van der Waals surface area contributed by atoms with Crippen LogP contribution in [0.4, 0.5) is 4.39 Å². The fourth-order valence-electron chi connectivity index (χ4n) is 1.17. The first-order valence-electron chi connectivity index (χ1n) is 4.75. The summed E-state index contributed by atoms with van der Waals surface area (Å²) < 4.78 is 18.3. The van der Waals surface area contributed by atoms with Crippen molar-refractivity contribution in [2.24, 2.45) is 5.73 Å². The molecule has 0 aliphatic rings. The summed E-state index contributed by atoms with van der Waals surface area (Å²) in [5.74, 6) is -0.0513. The molecule has 1 unspecified atom stereocenters. The first kappa shape index (κ1) is 11.5. The van der Waals surface area contributed by atoms with Crippen LogP contribution >= 0.6 is 0 Å². The van der Waals surface area contributed by atoms with Crippen LogP contribution in [-0.4, -0.2) is 6.10 Å². The molecule has 0 aromatic heterocycles. The van der Waals surface area contributed by atoms with Gasteiger partial charge in [0.15, 0.2) is 6.10 Å². The summed E-state index contributed by atoms with van der Waals surface area (Å²) in [7, 11) is 0. The molecule has 0 amide bonds. The van der Waals surface area contributed by atoms with Crippen molar-refractivity contribution < 1.29 is 9.13 Å². The Morgan fingerprint density at radius 1 is 1.53 bits per heavy atom. The molecule has 0 aliphatic heterocycles. The summed E-state index contributed by atoms with van der Waals surface area (Å²) >= 11 is 0. The molecule has 2 N–H and O–H groups in total. The van der Waals surface area contributed by atoms with Gasteiger partial charge in [-0.2, -0.15) is 5.26 Å². The van der Waals surface area contributed by atoms with E-state index < -0.39 is 11.9 Å². The Hall–Kier alpha value is -1.60. The van der Waals surface area contributed by atoms with Gasteiger partial charge in [-0.15, -0.1) is 0 Å². The highest BCUT2D eigenvalue weighted by molar-refractivity contribution is 5.30. The van der Waals surface area contributed by atoms with E-state index in [1.165, 1.54) is 12.1 Å². The second-order valence-corrected chi connectivity index (χ2v) is 3.14. The zero-order valence-corrected chi connectivity index (χ0v) is 8.53. The molecule has 0 bridgehead atoms. The van der Waals surface area contributed by atoms with E-state index in [-0.39, 0.29) is 6.54 Å². The highest BCUT2D eigenvalue weighted by Gasteiger charge is 2.07. The molecule has 0 spiro atoms. The van der Waals surface area contributed by atoms with Crippen LogP contribution in [-0.2, 0) is 6.54 Å². The second kappa shape index (κ2) is 5.32. The lowest BCUT2D eigenvalue weighted by Gasteiger charge is -2.11. The van der Waals surface area contributed by atoms with E-state index in [4.69, 9.17) is 15.7 Å². The van der Waals surface area contributed by atoms with Crippen LogP contribution in [0.25, 0.3) is 0 Å². The monoisotopic (exact) mass is 208 g/mol. The second-order valence-electron chi connectivity index (χ2n) is 3.14. The van der Waals surface area contributed by atoms with Crippen molar-refractivity contribution in [3.8, 4) is 11.8 Å². The Kier molecular flexibility index (Phi) is 4.07. The molecule has 1 aromatic carbocycles. The number of nitriles is 1. The fraction of sp³-hybridized carbons (Fsp3) is 0.364. The summed E-state index contributed by atoms with van der Waals surface area (Å²) in [6.07, 6.45) is 0.0164. The van der Waals surface area contributed by atoms with E-state index in [0.29, 0.717) is 17.7 Å². The number of halogens is 1. The van der Waals surface area contributed by atoms with Crippen LogP contribution < -0.4 is 10.5 Å². The fourth-order valence-corrected chi connectivity index (χ4v) is 1.17. The van der Waals surface area contributed by atoms with E-state index >= 15 is 0 Å². The number of hydrogen-bond acceptors (Lipinski definition) is 3. The van der Waals surface area contributed by atoms with Gasteiger partial charge in [0, 0.05) is 12.6 Å². The van der Waals surface area contributed by atoms with Gasteiger partial charge < -0.3 is 10.5 Å². The molecule has 3 nitrogen and oxygen atoms in total. The average Bonchev–Trinajstić information content (AvgIpc) is 2.25. The van der Waals surface area contributed by atoms with Gasteiger partial charge in [-0.05, 0) is 24.1 Å². The molecule has 0 saturated carbocycles. The zero-order chi connectivity index (χ0) is 11.3. The summed E-state index contributed by atoms with van der Waals surface area (Å²) in [5.41, 5.74) is 6.05. The normalized spacial score (nSPS) is 11.9. The Balaban J connectivity index is 2.85. The predicted octanol–water partition coefficient (Wildman–Crippen LogP) is 1.97. The molecule has 1 aromatic rings. The highest BCUT2D eigenvalue weighted by atomic mass is 19.1. The summed E-state index contributed by atoms with van der Waals surface area (Å²) in [6.45, 7) is 2.08. The Bertz CT molecular complexity index is 373. The van der Waals surface area contributed by atoms with Crippen LogP contribution in [0.1, 0.15) is 18.9 Å². The lowest BCUT2D eigenvalue weighted by atomic mass is 10.2. The number of nitrogens with zero attached hydrogens (tertiary/aromatic N) is 1. The van der Waals surface area contributed by atoms with Crippen molar-refractivity contribution in [3.05, 3.63) is 29.6 Å². The van der Waals surface area contributed by atoms with Crippen LogP contribution in [0.3, 0.4) is 0 Å². The van der Waals surface area contributed by atoms with Gasteiger partial charge in [-0.1, -0.05) is 6.92 Å². The van der Waals surface area contributed by atoms with E-state index in [0.717, 1.165) is 0 Å². The minimum Gasteiger partial charge on any atom is -0.475 e. The number of nitrogens with two attached hydrogens (primary N) is 1. The molecule has 80 valence electrons. The molecule has 0 saturated heterocycles. The Morgan fingerprint density at radius 2 is 2.27 bits per heavy atom. The van der Waals surface area contributed by atoms with Gasteiger partial charge in [0.05, 0.1) is 0 Å². The van der Waals surface area contributed by atoms with E-state index in [2.05, 4.69) is 0 Å². The third kappa shape index (κ3) is 3.22. The van der Waals surface area contributed by atoms with Crippen LogP contribution in [0.15, 0.2) is 18.2 Å². The molecule has 0 aliphatic carbocycles. The van der Waals surface area contributed by atoms with Crippen LogP contribution in [0.2, 0.25) is 0 Å². The average molecular weight is 208 g/mol. The number of ether oxygens (including phenoxy) is 1. The highest BCUT2D eigenvalue weighted by Crippen LogP contribution is 2.18. The molecule has 0 radical (unpaired) electrons. The maximum atomic E-state index is 13.1. The standard InChI is InChI=1S/C11H13FN2O/c1-2-10(7-14)15-11-4-8(6-13)3-9(12)5-11/h3-5,10H,2,6,13H2,1H3. The van der Waals surface area contributed by atoms with Crippen molar-refractivity contribution in [2.45, 2.75) is 26.0 Å². The molecule has 1 atom stereocenters. The van der Waals surface area contributed by atoms with E-state index in [9.17, 15) is 4.39 Å². The minimum atomic E-state index is -0.544. The maximum absolute atomic E-state index is 13.1. The summed E-state index contributed by atoms with van der Waals surface area (Å²) in [6, 6.07) is 6.22. The smallest absolute Gasteiger partial charge is 0.184 e. The molecule has 15 heavy (non-hydrogen) atoms. The molecular weight excluding hydrogens is 195 g/mol. The van der Waals surface area contributed by atoms with E-state index in [1.54, 1.807) is 6.07 Å². The largest absolute Gasteiger partial charge is 0.475 e. The minimum absolute atomic E-state index is 0.247. The molecular formula is C11H13FN2O. The van der Waals surface area contributed by atoms with Crippen molar-refractivity contribution in [3.63, 3.8) is 0 Å². The quantitative estimate of drug-likeness (QED) is 0.822. The molecule has 1 rings (SSSR count). The Morgan fingerprint density at radius 3 is 2.80 bits per heavy atom. The van der Waals surface area contributed by atoms with Gasteiger partial charge in [-0.25, -0.2) is 4.39 Å². The summed E-state index contributed by atoms with van der Waals surface area (Å²) in [5, 5.41) is 8.69. The lowest BCUT2D eigenvalue weighted by Crippen LogP contribution is -2.12. The zero-order valence-electron chi connectivity index (χ0n) is 8.53. The first-order chi connectivity index (χ1) is 7.19. The molecule has 4 heteroatoms.